The van der Waals surface area contributed by atoms with Gasteiger partial charge >= 0.3 is 0 Å². The molecule has 2 aromatic carbocycles. The summed E-state index contributed by atoms with van der Waals surface area (Å²) in [6.07, 6.45) is 0. The van der Waals surface area contributed by atoms with Crippen LogP contribution in [-0.2, 0) is 0 Å². The molecule has 0 aliphatic carbocycles. The summed E-state index contributed by atoms with van der Waals surface area (Å²) in [5.74, 6) is 1.13. The molecule has 21 heavy (non-hydrogen) atoms. The van der Waals surface area contributed by atoms with Crippen molar-refractivity contribution >= 4 is 21.7 Å². The smallest absolute Gasteiger partial charge is 0.163 e. The fraction of sp³-hybridized carbons (Fsp3) is 0.176. The van der Waals surface area contributed by atoms with Crippen molar-refractivity contribution in [2.75, 3.05) is 0 Å². The Bertz CT molecular complexity index is 737. The van der Waals surface area contributed by atoms with Crippen molar-refractivity contribution in [1.29, 1.82) is 5.26 Å². The third kappa shape index (κ3) is 3.32. The van der Waals surface area contributed by atoms with Crippen LogP contribution in [0.25, 0.3) is 0 Å². The van der Waals surface area contributed by atoms with E-state index in [1.807, 2.05) is 19.9 Å². The minimum Gasteiger partial charge on any atom is -0.456 e. The molecule has 2 rings (SSSR count). The van der Waals surface area contributed by atoms with Gasteiger partial charge in [-0.05, 0) is 62.2 Å². The van der Waals surface area contributed by atoms with Crippen molar-refractivity contribution in [2.45, 2.75) is 20.8 Å². The Hall–Kier alpha value is -2.12. The quantitative estimate of drug-likeness (QED) is 0.742. The average Bonchev–Trinajstić information content (AvgIpc) is 2.43. The van der Waals surface area contributed by atoms with E-state index in [0.29, 0.717) is 22.6 Å². The molecule has 2 aromatic rings. The van der Waals surface area contributed by atoms with Crippen LogP contribution in [0, 0.1) is 25.2 Å². The SMILES string of the molecule is CC(=O)c1cc(Br)ccc1Oc1c(C)cc(C#N)cc1C. The highest BCUT2D eigenvalue weighted by Crippen LogP contribution is 2.33. The van der Waals surface area contributed by atoms with Crippen LogP contribution in [0.5, 0.6) is 11.5 Å². The van der Waals surface area contributed by atoms with Crippen LogP contribution in [0.4, 0.5) is 0 Å². The molecular formula is C17H14BrNO2. The van der Waals surface area contributed by atoms with Crippen molar-refractivity contribution in [2.24, 2.45) is 0 Å². The Morgan fingerprint density at radius 3 is 2.33 bits per heavy atom. The molecule has 0 radical (unpaired) electrons. The molecule has 0 atom stereocenters. The number of carbonyl (C=O) groups is 1. The molecular weight excluding hydrogens is 330 g/mol. The summed E-state index contributed by atoms with van der Waals surface area (Å²) in [7, 11) is 0. The summed E-state index contributed by atoms with van der Waals surface area (Å²) in [6.45, 7) is 5.28. The van der Waals surface area contributed by atoms with E-state index in [2.05, 4.69) is 22.0 Å². The maximum Gasteiger partial charge on any atom is 0.163 e. The number of aryl methyl sites for hydroxylation is 2. The molecule has 106 valence electrons. The second kappa shape index (κ2) is 6.11. The zero-order valence-corrected chi connectivity index (χ0v) is 13.6. The maximum atomic E-state index is 11.7. The van der Waals surface area contributed by atoms with Gasteiger partial charge in [0.2, 0.25) is 0 Å². The lowest BCUT2D eigenvalue weighted by molar-refractivity contribution is 0.101. The van der Waals surface area contributed by atoms with E-state index in [0.717, 1.165) is 15.6 Å². The summed E-state index contributed by atoms with van der Waals surface area (Å²) < 4.78 is 6.76. The van der Waals surface area contributed by atoms with Crippen molar-refractivity contribution in [1.82, 2.24) is 0 Å². The largest absolute Gasteiger partial charge is 0.456 e. The molecule has 0 spiro atoms. The third-order valence-electron chi connectivity index (χ3n) is 3.12. The first kappa shape index (κ1) is 15.3. The number of carbonyl (C=O) groups excluding carboxylic acids is 1. The van der Waals surface area contributed by atoms with Gasteiger partial charge in [0, 0.05) is 4.47 Å². The number of hydrogen-bond acceptors (Lipinski definition) is 3. The predicted molar refractivity (Wildman–Crippen MR) is 84.9 cm³/mol. The van der Waals surface area contributed by atoms with Gasteiger partial charge in [-0.15, -0.1) is 0 Å². The number of benzene rings is 2. The van der Waals surface area contributed by atoms with Crippen molar-refractivity contribution in [3.63, 3.8) is 0 Å². The monoisotopic (exact) mass is 343 g/mol. The highest BCUT2D eigenvalue weighted by atomic mass is 79.9. The lowest BCUT2D eigenvalue weighted by atomic mass is 10.1. The summed E-state index contributed by atoms with van der Waals surface area (Å²) in [5.41, 5.74) is 2.85. The first-order valence-electron chi connectivity index (χ1n) is 6.42. The molecule has 4 heteroatoms. The second-order valence-corrected chi connectivity index (χ2v) is 5.77. The number of nitrogens with zero attached hydrogens (tertiary/aromatic N) is 1. The Morgan fingerprint density at radius 2 is 1.81 bits per heavy atom. The van der Waals surface area contributed by atoms with Gasteiger partial charge in [0.1, 0.15) is 11.5 Å². The van der Waals surface area contributed by atoms with Crippen LogP contribution in [0.15, 0.2) is 34.8 Å². The van der Waals surface area contributed by atoms with Gasteiger partial charge in [0.05, 0.1) is 17.2 Å². The van der Waals surface area contributed by atoms with Crippen LogP contribution in [0.2, 0.25) is 0 Å². The Balaban J connectivity index is 2.49. The minimum absolute atomic E-state index is 0.0600. The lowest BCUT2D eigenvalue weighted by Crippen LogP contribution is -1.99. The molecule has 0 bridgehead atoms. The highest BCUT2D eigenvalue weighted by molar-refractivity contribution is 9.10. The maximum absolute atomic E-state index is 11.7. The second-order valence-electron chi connectivity index (χ2n) is 4.85. The predicted octanol–water partition coefficient (Wildman–Crippen LogP) is 4.93. The van der Waals surface area contributed by atoms with Gasteiger partial charge < -0.3 is 4.74 Å². The summed E-state index contributed by atoms with van der Waals surface area (Å²) in [5, 5.41) is 8.97. The number of nitriles is 1. The number of halogens is 1. The van der Waals surface area contributed by atoms with Crippen LogP contribution in [-0.4, -0.2) is 5.78 Å². The molecule has 0 amide bonds. The molecule has 0 fully saturated rings. The number of ether oxygens (including phenoxy) is 1. The molecule has 0 N–H and O–H groups in total. The van der Waals surface area contributed by atoms with Gasteiger partial charge in [-0.1, -0.05) is 15.9 Å². The molecule has 3 nitrogen and oxygen atoms in total. The fourth-order valence-corrected chi connectivity index (χ4v) is 2.51. The number of ketones is 1. The number of Topliss-reactive ketones (excluding diaryl/α,β-unsaturated/α-hetero) is 1. The van der Waals surface area contributed by atoms with E-state index in [9.17, 15) is 4.79 Å². The molecule has 0 saturated heterocycles. The van der Waals surface area contributed by atoms with Gasteiger partial charge in [-0.2, -0.15) is 5.26 Å². The van der Waals surface area contributed by atoms with E-state index in [4.69, 9.17) is 10.00 Å². The topological polar surface area (TPSA) is 50.1 Å². The Labute approximate surface area is 132 Å². The fourth-order valence-electron chi connectivity index (χ4n) is 2.15. The normalized spacial score (nSPS) is 10.0. The summed E-state index contributed by atoms with van der Waals surface area (Å²) in [4.78, 5) is 11.7. The molecule has 0 aliphatic rings. The molecule has 0 saturated carbocycles. The van der Waals surface area contributed by atoms with Crippen LogP contribution >= 0.6 is 15.9 Å². The first-order chi connectivity index (χ1) is 9.92. The molecule has 0 unspecified atom stereocenters. The van der Waals surface area contributed by atoms with E-state index in [1.54, 1.807) is 24.3 Å². The summed E-state index contributed by atoms with van der Waals surface area (Å²) in [6, 6.07) is 11.0. The van der Waals surface area contributed by atoms with Crippen molar-refractivity contribution < 1.29 is 9.53 Å². The minimum atomic E-state index is -0.0600. The standard InChI is InChI=1S/C17H14BrNO2/c1-10-6-13(9-19)7-11(2)17(10)21-16-5-4-14(18)8-15(16)12(3)20/h4-8H,1-3H3. The molecule has 0 heterocycles. The van der Waals surface area contributed by atoms with Gasteiger partial charge in [-0.3, -0.25) is 4.79 Å². The van der Waals surface area contributed by atoms with Crippen LogP contribution < -0.4 is 4.74 Å². The Morgan fingerprint density at radius 1 is 1.19 bits per heavy atom. The van der Waals surface area contributed by atoms with Gasteiger partial charge in [0.25, 0.3) is 0 Å². The third-order valence-corrected chi connectivity index (χ3v) is 3.62. The van der Waals surface area contributed by atoms with Crippen molar-refractivity contribution in [3.8, 4) is 17.6 Å². The zero-order chi connectivity index (χ0) is 15.6. The summed E-state index contributed by atoms with van der Waals surface area (Å²) >= 11 is 3.35. The lowest BCUT2D eigenvalue weighted by Gasteiger charge is -2.14. The number of rotatable bonds is 3. The highest BCUT2D eigenvalue weighted by Gasteiger charge is 2.13. The van der Waals surface area contributed by atoms with E-state index >= 15 is 0 Å². The van der Waals surface area contributed by atoms with Gasteiger partial charge in [0.15, 0.2) is 5.78 Å². The van der Waals surface area contributed by atoms with E-state index in [-0.39, 0.29) is 5.78 Å². The first-order valence-corrected chi connectivity index (χ1v) is 7.21. The van der Waals surface area contributed by atoms with E-state index < -0.39 is 0 Å². The van der Waals surface area contributed by atoms with E-state index in [1.165, 1.54) is 6.92 Å². The van der Waals surface area contributed by atoms with Gasteiger partial charge in [-0.25, -0.2) is 0 Å². The molecule has 0 aromatic heterocycles. The van der Waals surface area contributed by atoms with Crippen LogP contribution in [0.3, 0.4) is 0 Å². The van der Waals surface area contributed by atoms with Crippen LogP contribution in [0.1, 0.15) is 34.0 Å². The zero-order valence-electron chi connectivity index (χ0n) is 12.0. The number of hydrogen-bond donors (Lipinski definition) is 0. The van der Waals surface area contributed by atoms with Crippen molar-refractivity contribution in [3.05, 3.63) is 57.1 Å². The Kier molecular flexibility index (Phi) is 4.44. The average molecular weight is 344 g/mol. The molecule has 0 aliphatic heterocycles.